The van der Waals surface area contributed by atoms with E-state index in [1.54, 1.807) is 0 Å². The van der Waals surface area contributed by atoms with E-state index in [0.29, 0.717) is 25.7 Å². The number of carbonyl (C=O) groups is 4. The number of ketones is 1. The van der Waals surface area contributed by atoms with E-state index >= 15 is 0 Å². The molecule has 3 amide bonds. The van der Waals surface area contributed by atoms with Gasteiger partial charge in [-0.1, -0.05) is 63.9 Å². The molecule has 0 heterocycles. The van der Waals surface area contributed by atoms with Crippen molar-refractivity contribution in [1.82, 2.24) is 16.0 Å². The van der Waals surface area contributed by atoms with Gasteiger partial charge in [0.2, 0.25) is 18.2 Å². The Kier molecular flexibility index (Phi) is 12.5. The third-order valence-electron chi connectivity index (χ3n) is 4.89. The lowest BCUT2D eigenvalue weighted by molar-refractivity contribution is -0.132. The summed E-state index contributed by atoms with van der Waals surface area (Å²) in [6.45, 7) is 5.87. The Morgan fingerprint density at radius 1 is 1.00 bits per heavy atom. The number of nitrogens with one attached hydrogen (secondary N) is 3. The molecule has 1 aromatic rings. The van der Waals surface area contributed by atoms with Gasteiger partial charge in [0.05, 0.1) is 11.9 Å². The molecule has 0 aliphatic heterocycles. The molecular weight excluding hydrogens is 418 g/mol. The van der Waals surface area contributed by atoms with Crippen molar-refractivity contribution in [1.29, 1.82) is 0 Å². The topological polar surface area (TPSA) is 104 Å². The van der Waals surface area contributed by atoms with E-state index in [4.69, 9.17) is 11.6 Å². The molecule has 0 bridgehead atoms. The van der Waals surface area contributed by atoms with Gasteiger partial charge in [-0.25, -0.2) is 0 Å². The lowest BCUT2D eigenvalue weighted by Crippen LogP contribution is -2.55. The van der Waals surface area contributed by atoms with Crippen LogP contribution >= 0.6 is 11.6 Å². The Labute approximate surface area is 189 Å². The van der Waals surface area contributed by atoms with Crippen molar-refractivity contribution in [3.05, 3.63) is 35.9 Å². The molecule has 1 rings (SSSR count). The summed E-state index contributed by atoms with van der Waals surface area (Å²) in [4.78, 5) is 49.0. The Bertz CT molecular complexity index is 712. The van der Waals surface area contributed by atoms with Gasteiger partial charge in [-0.05, 0) is 30.7 Å². The van der Waals surface area contributed by atoms with Gasteiger partial charge in [-0.15, -0.1) is 11.6 Å². The number of hydrogen-bond acceptors (Lipinski definition) is 4. The summed E-state index contributed by atoms with van der Waals surface area (Å²) in [6.07, 6.45) is 3.33. The number of unbranched alkanes of at least 4 members (excludes halogenated alkanes) is 1. The van der Waals surface area contributed by atoms with Crippen LogP contribution in [0, 0.1) is 5.92 Å². The number of halogens is 1. The summed E-state index contributed by atoms with van der Waals surface area (Å²) in [5, 5.41) is 8.03. The monoisotopic (exact) mass is 451 g/mol. The van der Waals surface area contributed by atoms with Crippen molar-refractivity contribution < 1.29 is 19.2 Å². The molecule has 3 N–H and O–H groups in total. The summed E-state index contributed by atoms with van der Waals surface area (Å²) < 4.78 is 0. The zero-order chi connectivity index (χ0) is 23.2. The minimum Gasteiger partial charge on any atom is -0.347 e. The molecule has 7 nitrogen and oxygen atoms in total. The van der Waals surface area contributed by atoms with Crippen LogP contribution in [0.5, 0.6) is 0 Å². The number of amides is 3. The largest absolute Gasteiger partial charge is 0.347 e. The second-order valence-electron chi connectivity index (χ2n) is 8.02. The van der Waals surface area contributed by atoms with Gasteiger partial charge in [-0.2, -0.15) is 0 Å². The Hall–Kier alpha value is -2.41. The highest BCUT2D eigenvalue weighted by molar-refractivity contribution is 6.28. The number of Topliss-reactive ketones (excluding diaryl/α,β-unsaturated/α-hetero) is 1. The quantitative estimate of drug-likeness (QED) is 0.281. The molecule has 0 saturated heterocycles. The predicted molar refractivity (Wildman–Crippen MR) is 122 cm³/mol. The summed E-state index contributed by atoms with van der Waals surface area (Å²) in [5.74, 6) is -1.25. The van der Waals surface area contributed by atoms with E-state index in [0.717, 1.165) is 18.4 Å². The Balaban J connectivity index is 2.93. The predicted octanol–water partition coefficient (Wildman–Crippen LogP) is 2.36. The first-order valence-electron chi connectivity index (χ1n) is 10.7. The highest BCUT2D eigenvalue weighted by Crippen LogP contribution is 2.10. The molecular formula is C23H34ClN3O4. The SMILES string of the molecule is CCCC[C@H](NC=O)C(=O)N[C@@H](CC(C)C)C(=O)NC(Cc1ccccc1)C(=O)CCl. The average molecular weight is 452 g/mol. The molecule has 0 aliphatic rings. The van der Waals surface area contributed by atoms with E-state index in [-0.39, 0.29) is 17.6 Å². The molecule has 0 aliphatic carbocycles. The number of alkyl halides is 1. The molecule has 1 aromatic carbocycles. The number of rotatable bonds is 15. The third-order valence-corrected chi connectivity index (χ3v) is 5.16. The van der Waals surface area contributed by atoms with Crippen LogP contribution in [0.15, 0.2) is 30.3 Å². The normalized spacial score (nSPS) is 13.7. The second-order valence-corrected chi connectivity index (χ2v) is 8.29. The molecule has 8 heteroatoms. The van der Waals surface area contributed by atoms with Gasteiger partial charge in [0.1, 0.15) is 12.1 Å². The summed E-state index contributed by atoms with van der Waals surface area (Å²) in [7, 11) is 0. The highest BCUT2D eigenvalue weighted by Gasteiger charge is 2.29. The van der Waals surface area contributed by atoms with E-state index in [9.17, 15) is 19.2 Å². The summed E-state index contributed by atoms with van der Waals surface area (Å²) >= 11 is 5.76. The van der Waals surface area contributed by atoms with Gasteiger partial charge in [0, 0.05) is 0 Å². The van der Waals surface area contributed by atoms with Crippen LogP contribution in [0.25, 0.3) is 0 Å². The van der Waals surface area contributed by atoms with Gasteiger partial charge in [0.15, 0.2) is 5.78 Å². The second kappa shape index (κ2) is 14.6. The van der Waals surface area contributed by atoms with E-state index in [1.165, 1.54) is 0 Å². The molecule has 31 heavy (non-hydrogen) atoms. The van der Waals surface area contributed by atoms with Crippen LogP contribution in [0.1, 0.15) is 52.0 Å². The standard InChI is InChI=1S/C23H34ClN3O4/c1-4-5-11-18(25-15-28)22(30)27-20(12-16(2)3)23(31)26-19(21(29)14-24)13-17-9-7-6-8-10-17/h6-10,15-16,18-20H,4-5,11-14H2,1-3H3,(H,25,28)(H,26,31)(H,27,30)/t18-,19?,20-/m0/s1. The first kappa shape index (κ1) is 26.6. The van der Waals surface area contributed by atoms with Crippen LogP contribution in [0.3, 0.4) is 0 Å². The maximum Gasteiger partial charge on any atom is 0.243 e. The van der Waals surface area contributed by atoms with Crippen LogP contribution < -0.4 is 16.0 Å². The van der Waals surface area contributed by atoms with Crippen LogP contribution in [-0.4, -0.2) is 48.0 Å². The van der Waals surface area contributed by atoms with Crippen molar-refractivity contribution in [2.24, 2.45) is 5.92 Å². The smallest absolute Gasteiger partial charge is 0.243 e. The van der Waals surface area contributed by atoms with Crippen LogP contribution in [-0.2, 0) is 25.6 Å². The van der Waals surface area contributed by atoms with Gasteiger partial charge >= 0.3 is 0 Å². The molecule has 0 aromatic heterocycles. The lowest BCUT2D eigenvalue weighted by atomic mass is 9.99. The molecule has 3 atom stereocenters. The lowest BCUT2D eigenvalue weighted by Gasteiger charge is -2.25. The van der Waals surface area contributed by atoms with Crippen molar-refractivity contribution >= 4 is 35.6 Å². The maximum atomic E-state index is 13.0. The fourth-order valence-electron chi connectivity index (χ4n) is 3.22. The first-order valence-corrected chi connectivity index (χ1v) is 11.3. The van der Waals surface area contributed by atoms with Gasteiger partial charge < -0.3 is 16.0 Å². The van der Waals surface area contributed by atoms with Crippen LogP contribution in [0.4, 0.5) is 0 Å². The molecule has 0 fully saturated rings. The fraction of sp³-hybridized carbons (Fsp3) is 0.565. The van der Waals surface area contributed by atoms with E-state index in [1.807, 2.05) is 51.1 Å². The van der Waals surface area contributed by atoms with Crippen molar-refractivity contribution in [2.75, 3.05) is 5.88 Å². The Morgan fingerprint density at radius 2 is 1.61 bits per heavy atom. The number of carbonyl (C=O) groups excluding carboxylic acids is 4. The Morgan fingerprint density at radius 3 is 2.16 bits per heavy atom. The molecule has 0 radical (unpaired) electrons. The summed E-state index contributed by atoms with van der Waals surface area (Å²) in [5.41, 5.74) is 0.894. The minimum absolute atomic E-state index is 0.125. The van der Waals surface area contributed by atoms with Crippen molar-refractivity contribution in [3.63, 3.8) is 0 Å². The number of benzene rings is 1. The molecule has 1 unspecified atom stereocenters. The van der Waals surface area contributed by atoms with Crippen molar-refractivity contribution in [2.45, 2.75) is 71.0 Å². The molecule has 172 valence electrons. The molecule has 0 saturated carbocycles. The van der Waals surface area contributed by atoms with Gasteiger partial charge in [-0.3, -0.25) is 19.2 Å². The zero-order valence-electron chi connectivity index (χ0n) is 18.5. The number of hydrogen-bond donors (Lipinski definition) is 3. The van der Waals surface area contributed by atoms with Crippen LogP contribution in [0.2, 0.25) is 0 Å². The third kappa shape index (κ3) is 9.96. The van der Waals surface area contributed by atoms with E-state index < -0.39 is 29.9 Å². The molecule has 0 spiro atoms. The minimum atomic E-state index is -0.827. The zero-order valence-corrected chi connectivity index (χ0v) is 19.3. The summed E-state index contributed by atoms with van der Waals surface area (Å²) in [6, 6.07) is 7.01. The fourth-order valence-corrected chi connectivity index (χ4v) is 3.40. The first-order chi connectivity index (χ1) is 14.8. The highest BCUT2D eigenvalue weighted by atomic mass is 35.5. The van der Waals surface area contributed by atoms with Crippen molar-refractivity contribution in [3.8, 4) is 0 Å². The average Bonchev–Trinajstić information content (AvgIpc) is 2.75. The van der Waals surface area contributed by atoms with E-state index in [2.05, 4.69) is 16.0 Å². The maximum absolute atomic E-state index is 13.0. The van der Waals surface area contributed by atoms with Gasteiger partial charge in [0.25, 0.3) is 0 Å².